The number of piperazine rings is 1. The Balaban J connectivity index is 0.713. The molecule has 4 fully saturated rings. The smallest absolute Gasteiger partial charge is 0.262 e. The number of rotatable bonds is 14. The lowest BCUT2D eigenvalue weighted by Gasteiger charge is -2.44. The first-order valence-corrected chi connectivity index (χ1v) is 29.4. The van der Waals surface area contributed by atoms with E-state index in [0.29, 0.717) is 56.4 Å². The third-order valence-electron chi connectivity index (χ3n) is 15.6. The Bertz CT molecular complexity index is 3280. The molecule has 4 amide bonds. The Labute approximate surface area is 450 Å². The molecule has 0 aliphatic carbocycles. The number of methoxy groups -OCH3 is 1. The molecule has 6 aromatic rings. The summed E-state index contributed by atoms with van der Waals surface area (Å²) in [5, 5.41) is 14.4. The molecule has 0 radical (unpaired) electrons. The van der Waals surface area contributed by atoms with Crippen molar-refractivity contribution in [3.63, 3.8) is 0 Å². The van der Waals surface area contributed by atoms with Crippen molar-refractivity contribution in [3.8, 4) is 28.0 Å². The van der Waals surface area contributed by atoms with E-state index < -0.39 is 30.9 Å². The third kappa shape index (κ3) is 10.5. The maximum Gasteiger partial charge on any atom is 0.262 e. The van der Waals surface area contributed by atoms with Gasteiger partial charge in [0.1, 0.15) is 24.8 Å². The minimum atomic E-state index is -2.71. The highest BCUT2D eigenvalue weighted by molar-refractivity contribution is 9.10. The summed E-state index contributed by atoms with van der Waals surface area (Å²) in [6, 6.07) is 25.2. The van der Waals surface area contributed by atoms with Crippen LogP contribution in [0.15, 0.2) is 102 Å². The van der Waals surface area contributed by atoms with Crippen molar-refractivity contribution in [2.45, 2.75) is 44.2 Å². The lowest BCUT2D eigenvalue weighted by atomic mass is 9.98. The van der Waals surface area contributed by atoms with Crippen molar-refractivity contribution >= 4 is 86.5 Å². The second-order valence-corrected chi connectivity index (χ2v) is 24.9. The largest absolute Gasteiger partial charge is 0.494 e. The van der Waals surface area contributed by atoms with Crippen LogP contribution in [0.25, 0.3) is 22.3 Å². The van der Waals surface area contributed by atoms with Gasteiger partial charge in [0.2, 0.25) is 17.8 Å². The highest BCUT2D eigenvalue weighted by Crippen LogP contribution is 2.43. The average molecular weight is 1110 g/mol. The minimum Gasteiger partial charge on any atom is -0.494 e. The van der Waals surface area contributed by atoms with Crippen LogP contribution in [0, 0.1) is 5.92 Å². The molecule has 394 valence electrons. The summed E-state index contributed by atoms with van der Waals surface area (Å²) in [5.74, 6) is 0.0552. The number of piperidine rings is 2. The van der Waals surface area contributed by atoms with Gasteiger partial charge in [-0.05, 0) is 108 Å². The number of imide groups is 2. The number of carbonyl (C=O) groups is 4. The predicted molar refractivity (Wildman–Crippen MR) is 299 cm³/mol. The van der Waals surface area contributed by atoms with Crippen LogP contribution >= 0.6 is 23.1 Å². The molecule has 3 N–H and O–H groups in total. The third-order valence-corrected chi connectivity index (χ3v) is 17.7. The Kier molecular flexibility index (Phi) is 14.3. The number of nitrogens with zero attached hydrogens (tertiary/aromatic N) is 9. The lowest BCUT2D eigenvalue weighted by Crippen LogP contribution is -2.54. The van der Waals surface area contributed by atoms with Gasteiger partial charge in [0.25, 0.3) is 11.8 Å². The SMILES string of the molecule is COc1cc(N2CCC(N3CCN(CC4CCN(c5ccc6c(c5)C(=O)N(C5CCC(=O)NC5=O)C6=O)C4)CC3)CC2)c(-c2cnn(C)c2)cc1Nc1ncc(Br)c(Nc2ccc(-c3ccccc3)cc2P(C)(C)=O)n1. The van der Waals surface area contributed by atoms with E-state index >= 15 is 0 Å². The van der Waals surface area contributed by atoms with E-state index in [1.165, 1.54) is 0 Å². The van der Waals surface area contributed by atoms with Gasteiger partial charge in [0.15, 0.2) is 0 Å². The quantitative estimate of drug-likeness (QED) is 0.0715. The zero-order valence-electron chi connectivity index (χ0n) is 43.2. The van der Waals surface area contributed by atoms with Crippen LogP contribution in [-0.4, -0.2) is 150 Å². The van der Waals surface area contributed by atoms with E-state index in [1.54, 1.807) is 38.8 Å². The number of carbonyl (C=O) groups excluding carboxylic acids is 4. The highest BCUT2D eigenvalue weighted by atomic mass is 79.9. The molecule has 20 heteroatoms. The van der Waals surface area contributed by atoms with E-state index in [4.69, 9.17) is 9.72 Å². The highest BCUT2D eigenvalue weighted by Gasteiger charge is 2.45. The van der Waals surface area contributed by atoms with Crippen molar-refractivity contribution in [3.05, 3.63) is 113 Å². The van der Waals surface area contributed by atoms with Crippen molar-refractivity contribution in [1.29, 1.82) is 0 Å². The summed E-state index contributed by atoms with van der Waals surface area (Å²) in [6.45, 7) is 12.2. The molecule has 4 aromatic carbocycles. The maximum atomic E-state index is 13.7. The number of nitrogens with one attached hydrogen (secondary N) is 3. The van der Waals surface area contributed by atoms with Crippen LogP contribution in [0.5, 0.6) is 5.75 Å². The Hall–Kier alpha value is -6.92. The van der Waals surface area contributed by atoms with E-state index in [1.807, 2.05) is 78.7 Å². The molecule has 18 nitrogen and oxygen atoms in total. The number of benzene rings is 4. The Morgan fingerprint density at radius 1 is 0.763 bits per heavy atom. The van der Waals surface area contributed by atoms with Gasteiger partial charge in [-0.15, -0.1) is 0 Å². The second kappa shape index (κ2) is 21.2. The van der Waals surface area contributed by atoms with E-state index in [-0.39, 0.29) is 18.7 Å². The van der Waals surface area contributed by atoms with Gasteiger partial charge < -0.3 is 34.6 Å². The number of aryl methyl sites for hydroxylation is 1. The second-order valence-electron chi connectivity index (χ2n) is 20.9. The average Bonchev–Trinajstić information content (AvgIpc) is 4.18. The van der Waals surface area contributed by atoms with Gasteiger partial charge >= 0.3 is 0 Å². The predicted octanol–water partition coefficient (Wildman–Crippen LogP) is 7.56. The molecule has 0 bridgehead atoms. The Morgan fingerprint density at radius 3 is 2.25 bits per heavy atom. The monoisotopic (exact) mass is 1110 g/mol. The van der Waals surface area contributed by atoms with Crippen molar-refractivity contribution < 1.29 is 28.5 Å². The first-order chi connectivity index (χ1) is 36.7. The standard InChI is InChI=1S/C56H62BrN12O6P/c1-64-34-38(30-59-64)42-28-46(61-56-58-31-44(57)52(63-56)60-45-13-10-37(26-50(45)76(3,4)74)36-8-6-5-7-9-36)49(75-2)29-48(42)67-20-17-39(18-21-67)66-24-22-65(23-25-66)32-35-16-19-68(33-35)40-11-12-41-43(27-40)55(73)69(54(41)72)47-14-15-51(70)62-53(47)71/h5-13,26-31,34-35,39,47H,14-25,32-33H2,1-4H3,(H,62,70,71)(H2,58,60,61,63). The fraction of sp³-hybridized carbons (Fsp3) is 0.375. The van der Waals surface area contributed by atoms with Crippen molar-refractivity contribution in [2.75, 3.05) is 99.8 Å². The van der Waals surface area contributed by atoms with Gasteiger partial charge in [-0.1, -0.05) is 36.4 Å². The molecule has 2 unspecified atom stereocenters. The minimum absolute atomic E-state index is 0.0911. The van der Waals surface area contributed by atoms with E-state index in [2.05, 4.69) is 73.7 Å². The van der Waals surface area contributed by atoms with Crippen molar-refractivity contribution in [1.82, 2.24) is 39.8 Å². The van der Waals surface area contributed by atoms with Crippen LogP contribution in [-0.2, 0) is 21.2 Å². The molecule has 2 atom stereocenters. The summed E-state index contributed by atoms with van der Waals surface area (Å²) in [6.07, 6.45) is 8.96. The normalized spacial score (nSPS) is 19.8. The zero-order chi connectivity index (χ0) is 52.8. The number of anilines is 6. The summed E-state index contributed by atoms with van der Waals surface area (Å²) in [4.78, 5) is 71.7. The summed E-state index contributed by atoms with van der Waals surface area (Å²) >= 11 is 3.64. The van der Waals surface area contributed by atoms with Crippen LogP contribution in [0.3, 0.4) is 0 Å². The topological polar surface area (TPSA) is 190 Å². The van der Waals surface area contributed by atoms with Crippen molar-refractivity contribution in [2.24, 2.45) is 13.0 Å². The number of ether oxygens (including phenoxy) is 1. The van der Waals surface area contributed by atoms with E-state index in [0.717, 1.165) is 122 Å². The summed E-state index contributed by atoms with van der Waals surface area (Å²) in [7, 11) is 0.886. The van der Waals surface area contributed by atoms with Gasteiger partial charge in [0, 0.05) is 125 Å². The molecular weight excluding hydrogens is 1050 g/mol. The molecule has 5 aliphatic heterocycles. The summed E-state index contributed by atoms with van der Waals surface area (Å²) < 4.78 is 22.2. The first-order valence-electron chi connectivity index (χ1n) is 26.0. The van der Waals surface area contributed by atoms with Gasteiger partial charge in [0.05, 0.1) is 40.3 Å². The number of fused-ring (bicyclic) bond motifs is 1. The number of hydrogen-bond donors (Lipinski definition) is 3. The molecule has 5 aliphatic rings. The van der Waals surface area contributed by atoms with Gasteiger partial charge in [-0.25, -0.2) is 4.98 Å². The van der Waals surface area contributed by atoms with Crippen LogP contribution in [0.2, 0.25) is 0 Å². The lowest BCUT2D eigenvalue weighted by molar-refractivity contribution is -0.136. The fourth-order valence-electron chi connectivity index (χ4n) is 11.6. The maximum absolute atomic E-state index is 13.7. The van der Waals surface area contributed by atoms with Crippen LogP contribution in [0.4, 0.5) is 34.5 Å². The zero-order valence-corrected chi connectivity index (χ0v) is 45.6. The molecule has 76 heavy (non-hydrogen) atoms. The first kappa shape index (κ1) is 51.2. The number of halogens is 1. The van der Waals surface area contributed by atoms with Crippen LogP contribution < -0.4 is 35.8 Å². The Morgan fingerprint density at radius 2 is 1.53 bits per heavy atom. The number of amides is 4. The molecule has 0 spiro atoms. The van der Waals surface area contributed by atoms with Gasteiger partial charge in [-0.3, -0.25) is 39.0 Å². The molecule has 0 saturated carbocycles. The van der Waals surface area contributed by atoms with E-state index in [9.17, 15) is 23.7 Å². The molecule has 2 aromatic heterocycles. The molecular formula is C56H62BrN12O6P. The van der Waals surface area contributed by atoms with Crippen LogP contribution in [0.1, 0.15) is 52.8 Å². The molecule has 11 rings (SSSR count). The molecule has 7 heterocycles. The molecule has 4 saturated heterocycles. The van der Waals surface area contributed by atoms with Gasteiger partial charge in [-0.2, -0.15) is 10.1 Å². The summed E-state index contributed by atoms with van der Waals surface area (Å²) in [5.41, 5.74) is 8.05. The fourth-order valence-corrected chi connectivity index (χ4v) is 13.0. The number of hydrogen-bond acceptors (Lipinski definition) is 15. The number of aromatic nitrogens is 4.